The van der Waals surface area contributed by atoms with Gasteiger partial charge in [0.2, 0.25) is 17.7 Å². The van der Waals surface area contributed by atoms with Crippen LogP contribution in [0.25, 0.3) is 0 Å². The zero-order valence-electron chi connectivity index (χ0n) is 54.2. The van der Waals surface area contributed by atoms with Crippen LogP contribution in [0.5, 0.6) is 0 Å². The molecule has 2 unspecified atom stereocenters. The number of aryl methyl sites for hydroxylation is 1. The fourth-order valence-electron chi connectivity index (χ4n) is 12.4. The Labute approximate surface area is 543 Å². The predicted molar refractivity (Wildman–Crippen MR) is 342 cm³/mol. The van der Waals surface area contributed by atoms with E-state index >= 15 is 0 Å². The van der Waals surface area contributed by atoms with Crippen molar-refractivity contribution in [1.82, 2.24) is 30.0 Å². The third kappa shape index (κ3) is 25.3. The van der Waals surface area contributed by atoms with Crippen LogP contribution in [0.3, 0.4) is 0 Å². The summed E-state index contributed by atoms with van der Waals surface area (Å²) in [4.78, 5) is 67.8. The van der Waals surface area contributed by atoms with Crippen molar-refractivity contribution < 1.29 is 81.1 Å². The highest BCUT2D eigenvalue weighted by Crippen LogP contribution is 2.60. The number of aliphatic carboxylic acids is 1. The smallest absolute Gasteiger partial charge is 0.304 e. The van der Waals surface area contributed by atoms with Crippen molar-refractivity contribution in [3.8, 4) is 0 Å². The molecule has 92 heavy (non-hydrogen) atoms. The number of fused-ring (bicyclic) bond motifs is 1. The molecule has 3 aromatic rings. The Balaban J connectivity index is 0.508. The molecule has 4 aliphatic heterocycles. The second-order valence-electron chi connectivity index (χ2n) is 24.0. The fourth-order valence-corrected chi connectivity index (χ4v) is 12.4. The van der Waals surface area contributed by atoms with Crippen LogP contribution < -0.4 is 15.5 Å². The average Bonchev–Trinajstić information content (AvgIpc) is 1.59. The van der Waals surface area contributed by atoms with Gasteiger partial charge in [-0.25, -0.2) is 4.98 Å². The van der Waals surface area contributed by atoms with Gasteiger partial charge >= 0.3 is 5.97 Å². The standard InChI is InChI=1S/C67H102N8O17/c1-72-62(77)48-60(64(72)55-7-3-13-68-50-55)66(80)70-15-22-82-24-26-84-28-30-86-32-34-88-36-38-90-40-42-92-44-43-91-41-39-89-37-35-87-33-31-85-29-27-83-25-23-81-21-11-61(76)75-19-17-74(18-20-75)59-8-2-5-54(45-59)56(46-63(78)79)51-73-16-12-67(52-73)49-57(67)47-58-10-9-53-6-4-14-69-65(53)71-58/h2-3,5,7-10,13,45,50,56-57,60,64H,4,6,11-12,14-44,46-49,51-52H2,1H3,(H,69,71)(H,70,80)(H,78,79)/t56-,57?,60+,64-,67?/m1/s1. The van der Waals surface area contributed by atoms with Crippen LogP contribution in [0.1, 0.15) is 72.9 Å². The van der Waals surface area contributed by atoms with Gasteiger partial charge in [-0.15, -0.1) is 0 Å². The molecule has 5 aliphatic rings. The number of aromatic nitrogens is 2. The number of carbonyl (C=O) groups is 4. The predicted octanol–water partition coefficient (Wildman–Crippen LogP) is 3.92. The minimum atomic E-state index is -0.775. The first kappa shape index (κ1) is 72.3. The lowest BCUT2D eigenvalue weighted by atomic mass is 9.94. The molecule has 25 nitrogen and oxygen atoms in total. The van der Waals surface area contributed by atoms with Gasteiger partial charge in [0.1, 0.15) is 5.82 Å². The number of anilines is 2. The number of likely N-dealkylation sites (tertiary alicyclic amines) is 2. The summed E-state index contributed by atoms with van der Waals surface area (Å²) in [5, 5.41) is 16.3. The molecular weight excluding hydrogens is 1190 g/mol. The maximum atomic E-state index is 13.1. The summed E-state index contributed by atoms with van der Waals surface area (Å²) in [5.74, 6) is 0.190. The van der Waals surface area contributed by atoms with E-state index < -0.39 is 11.9 Å². The zero-order chi connectivity index (χ0) is 64.3. The average molecular weight is 1290 g/mol. The van der Waals surface area contributed by atoms with Crippen LogP contribution in [-0.4, -0.2) is 278 Å². The third-order valence-corrected chi connectivity index (χ3v) is 17.5. The van der Waals surface area contributed by atoms with Gasteiger partial charge in [-0.1, -0.05) is 24.3 Å². The number of benzene rings is 1. The lowest BCUT2D eigenvalue weighted by Gasteiger charge is -2.36. The monoisotopic (exact) mass is 1290 g/mol. The Bertz CT molecular complexity index is 2610. The Hall–Kier alpha value is -5.52. The SMILES string of the molecule is CN1C(=O)C[C@H](C(=O)NCCOCCOCCOCCOCCOCCOCCOCCOCCOCCOCCOCCOCCC(=O)N2CCN(c3cccc([C@H](CC(=O)O)CN4CCC5(CC5Cc5ccc6c(n5)NCCC6)C4)c3)CC2)[C@H]1c1cccnc1. The largest absolute Gasteiger partial charge is 0.481 e. The number of carboxylic acids is 1. The topological polar surface area (TPSA) is 262 Å². The van der Waals surface area contributed by atoms with Crippen molar-refractivity contribution in [2.75, 3.05) is 235 Å². The van der Waals surface area contributed by atoms with Crippen LogP contribution in [0.2, 0.25) is 0 Å². The van der Waals surface area contributed by atoms with Gasteiger partial charge in [-0.05, 0) is 90.9 Å². The second kappa shape index (κ2) is 41.3. The maximum absolute atomic E-state index is 13.1. The summed E-state index contributed by atoms with van der Waals surface area (Å²) in [6.07, 6.45) is 9.59. The lowest BCUT2D eigenvalue weighted by molar-refractivity contribution is -0.137. The first-order chi connectivity index (χ1) is 45.2. The number of carbonyl (C=O) groups excluding carboxylic acids is 3. The molecule has 25 heteroatoms. The van der Waals surface area contributed by atoms with E-state index in [-0.39, 0.29) is 42.5 Å². The Kier molecular flexibility index (Phi) is 32.5. The first-order valence-corrected chi connectivity index (χ1v) is 33.3. The molecule has 0 radical (unpaired) electrons. The summed E-state index contributed by atoms with van der Waals surface area (Å²) < 4.78 is 66.9. The Morgan fingerprint density at radius 3 is 1.80 bits per heavy atom. The molecule has 4 fully saturated rings. The van der Waals surface area contributed by atoms with Crippen LogP contribution >= 0.6 is 0 Å². The van der Waals surface area contributed by atoms with E-state index in [1.165, 1.54) is 17.7 Å². The first-order valence-electron chi connectivity index (χ1n) is 33.3. The van der Waals surface area contributed by atoms with Crippen LogP contribution in [0.15, 0.2) is 60.9 Å². The van der Waals surface area contributed by atoms with E-state index in [1.54, 1.807) is 30.4 Å². The van der Waals surface area contributed by atoms with Crippen molar-refractivity contribution in [2.45, 2.75) is 63.3 Å². The molecule has 512 valence electrons. The van der Waals surface area contributed by atoms with Crippen LogP contribution in [0, 0.1) is 17.3 Å². The number of hydrogen-bond acceptors (Lipinski definition) is 21. The number of amides is 3. The number of rotatable bonds is 49. The third-order valence-electron chi connectivity index (χ3n) is 17.5. The number of ether oxygens (including phenoxy) is 12. The van der Waals surface area contributed by atoms with Crippen molar-refractivity contribution in [1.29, 1.82) is 0 Å². The summed E-state index contributed by atoms with van der Waals surface area (Å²) in [7, 11) is 1.72. The van der Waals surface area contributed by atoms with Crippen LogP contribution in [-0.2, 0) is 88.9 Å². The number of nitrogens with zero attached hydrogens (tertiary/aromatic N) is 6. The summed E-state index contributed by atoms with van der Waals surface area (Å²) in [5.41, 5.74) is 5.80. The van der Waals surface area contributed by atoms with Gasteiger partial charge < -0.3 is 92.2 Å². The van der Waals surface area contributed by atoms with E-state index in [0.29, 0.717) is 209 Å². The minimum absolute atomic E-state index is 0.0629. The minimum Gasteiger partial charge on any atom is -0.481 e. The molecule has 1 saturated carbocycles. The highest BCUT2D eigenvalue weighted by Gasteiger charge is 2.57. The molecule has 1 spiro atoms. The van der Waals surface area contributed by atoms with Crippen molar-refractivity contribution >= 4 is 35.2 Å². The lowest BCUT2D eigenvalue weighted by Crippen LogP contribution is -2.49. The van der Waals surface area contributed by atoms with Gasteiger partial charge in [-0.2, -0.15) is 0 Å². The normalized spacial score (nSPS) is 20.0. The number of carboxylic acid groups (broad SMARTS) is 1. The van der Waals surface area contributed by atoms with Gasteiger partial charge in [0.05, 0.1) is 183 Å². The van der Waals surface area contributed by atoms with E-state index in [2.05, 4.69) is 55.7 Å². The van der Waals surface area contributed by atoms with E-state index in [1.807, 2.05) is 17.0 Å². The fraction of sp³-hybridized carbons (Fsp3) is 0.701. The number of hydrogen-bond donors (Lipinski definition) is 3. The van der Waals surface area contributed by atoms with Gasteiger partial charge in [-0.3, -0.25) is 24.2 Å². The Morgan fingerprint density at radius 1 is 0.685 bits per heavy atom. The Morgan fingerprint density at radius 2 is 1.25 bits per heavy atom. The van der Waals surface area contributed by atoms with Crippen molar-refractivity contribution in [3.63, 3.8) is 0 Å². The maximum Gasteiger partial charge on any atom is 0.304 e. The van der Waals surface area contributed by atoms with E-state index in [4.69, 9.17) is 61.8 Å². The molecule has 3 amide bonds. The molecule has 1 aromatic carbocycles. The zero-order valence-corrected chi connectivity index (χ0v) is 54.2. The summed E-state index contributed by atoms with van der Waals surface area (Å²) >= 11 is 0. The van der Waals surface area contributed by atoms with Gasteiger partial charge in [0.15, 0.2) is 0 Å². The van der Waals surface area contributed by atoms with Gasteiger partial charge in [0, 0.05) is 95.5 Å². The molecule has 8 rings (SSSR count). The van der Waals surface area contributed by atoms with Crippen LogP contribution in [0.4, 0.5) is 11.5 Å². The molecule has 0 bridgehead atoms. The molecule has 3 N–H and O–H groups in total. The highest BCUT2D eigenvalue weighted by atomic mass is 16.6. The molecule has 6 heterocycles. The van der Waals surface area contributed by atoms with E-state index in [0.717, 1.165) is 74.5 Å². The molecule has 3 saturated heterocycles. The highest BCUT2D eigenvalue weighted by molar-refractivity contribution is 5.90. The number of piperazine rings is 1. The van der Waals surface area contributed by atoms with Gasteiger partial charge in [0.25, 0.3) is 0 Å². The summed E-state index contributed by atoms with van der Waals surface area (Å²) in [6, 6.07) is 16.2. The van der Waals surface area contributed by atoms with Crippen molar-refractivity contribution in [3.05, 3.63) is 83.3 Å². The molecular formula is C67H102N8O17. The number of nitrogens with one attached hydrogen (secondary N) is 2. The molecule has 2 aromatic heterocycles. The van der Waals surface area contributed by atoms with E-state index in [9.17, 15) is 24.3 Å². The van der Waals surface area contributed by atoms with Crippen molar-refractivity contribution in [2.24, 2.45) is 17.3 Å². The second-order valence-corrected chi connectivity index (χ2v) is 24.0. The molecule has 5 atom stereocenters. The quantitative estimate of drug-likeness (QED) is 0.0677. The molecule has 1 aliphatic carbocycles. The number of pyridine rings is 2. The summed E-state index contributed by atoms with van der Waals surface area (Å²) in [6.45, 7) is 17.3.